The van der Waals surface area contributed by atoms with Crippen LogP contribution in [-0.2, 0) is 14.8 Å². The molecule has 0 aliphatic rings. The molecular formula is C16H16ClFN2O3S2. The molecule has 2 rings (SSSR count). The largest absolute Gasteiger partial charge is 0.325 e. The van der Waals surface area contributed by atoms with Crippen LogP contribution in [0.5, 0.6) is 0 Å². The number of likely N-dealkylation sites (N-methyl/N-ethyl adjacent to an activating group) is 1. The molecule has 0 bridgehead atoms. The van der Waals surface area contributed by atoms with E-state index < -0.39 is 21.7 Å². The molecule has 134 valence electrons. The smallest absolute Gasteiger partial charge is 0.243 e. The van der Waals surface area contributed by atoms with E-state index in [0.717, 1.165) is 15.3 Å². The van der Waals surface area contributed by atoms with Gasteiger partial charge in [-0.15, -0.1) is 11.8 Å². The lowest BCUT2D eigenvalue weighted by Crippen LogP contribution is -2.34. The molecule has 0 saturated carbocycles. The lowest BCUT2D eigenvalue weighted by molar-refractivity contribution is -0.116. The number of rotatable bonds is 6. The fourth-order valence-electron chi connectivity index (χ4n) is 1.99. The van der Waals surface area contributed by atoms with Crippen molar-refractivity contribution in [1.82, 2.24) is 4.31 Å². The SMILES string of the molecule is CSc1ccc(S(=O)(=O)N(C)CC(=O)Nc2ccc(F)c(Cl)c2)cc1. The molecule has 9 heteroatoms. The first-order chi connectivity index (χ1) is 11.7. The van der Waals surface area contributed by atoms with E-state index in [9.17, 15) is 17.6 Å². The van der Waals surface area contributed by atoms with Gasteiger partial charge >= 0.3 is 0 Å². The van der Waals surface area contributed by atoms with Gasteiger partial charge in [-0.3, -0.25) is 4.79 Å². The Morgan fingerprint density at radius 2 is 1.88 bits per heavy atom. The molecule has 5 nitrogen and oxygen atoms in total. The van der Waals surface area contributed by atoms with Crippen LogP contribution in [0.2, 0.25) is 5.02 Å². The van der Waals surface area contributed by atoms with Crippen molar-refractivity contribution in [2.24, 2.45) is 0 Å². The van der Waals surface area contributed by atoms with Crippen molar-refractivity contribution in [2.75, 3.05) is 25.2 Å². The topological polar surface area (TPSA) is 66.5 Å². The number of anilines is 1. The molecule has 0 unspecified atom stereocenters. The lowest BCUT2D eigenvalue weighted by atomic mass is 10.3. The summed E-state index contributed by atoms with van der Waals surface area (Å²) < 4.78 is 39.0. The normalized spacial score (nSPS) is 11.6. The van der Waals surface area contributed by atoms with Crippen LogP contribution in [0.1, 0.15) is 0 Å². The van der Waals surface area contributed by atoms with Crippen molar-refractivity contribution in [2.45, 2.75) is 9.79 Å². The van der Waals surface area contributed by atoms with E-state index >= 15 is 0 Å². The van der Waals surface area contributed by atoms with Gasteiger partial charge in [-0.1, -0.05) is 11.6 Å². The fourth-order valence-corrected chi connectivity index (χ4v) is 3.71. The Hall–Kier alpha value is -1.61. The van der Waals surface area contributed by atoms with Crippen molar-refractivity contribution in [3.05, 3.63) is 53.3 Å². The van der Waals surface area contributed by atoms with Gasteiger partial charge in [0.25, 0.3) is 0 Å². The highest BCUT2D eigenvalue weighted by atomic mass is 35.5. The van der Waals surface area contributed by atoms with E-state index in [1.54, 1.807) is 12.1 Å². The van der Waals surface area contributed by atoms with E-state index in [2.05, 4.69) is 5.32 Å². The molecule has 2 aromatic rings. The molecule has 0 radical (unpaired) electrons. The number of carbonyl (C=O) groups is 1. The lowest BCUT2D eigenvalue weighted by Gasteiger charge is -2.17. The number of halogens is 2. The third-order valence-corrected chi connectivity index (χ3v) is 6.19. The van der Waals surface area contributed by atoms with Crippen LogP contribution in [0.15, 0.2) is 52.3 Å². The number of amides is 1. The van der Waals surface area contributed by atoms with Crippen LogP contribution in [0.3, 0.4) is 0 Å². The first-order valence-electron chi connectivity index (χ1n) is 7.09. The second kappa shape index (κ2) is 8.18. The second-order valence-electron chi connectivity index (χ2n) is 5.11. The number of thioether (sulfide) groups is 1. The zero-order valence-electron chi connectivity index (χ0n) is 13.5. The van der Waals surface area contributed by atoms with Crippen LogP contribution >= 0.6 is 23.4 Å². The number of nitrogens with one attached hydrogen (secondary N) is 1. The number of benzene rings is 2. The summed E-state index contributed by atoms with van der Waals surface area (Å²) in [7, 11) is -2.47. The summed E-state index contributed by atoms with van der Waals surface area (Å²) in [6.07, 6.45) is 1.89. The molecule has 0 aliphatic heterocycles. The molecular weight excluding hydrogens is 387 g/mol. The summed E-state index contributed by atoms with van der Waals surface area (Å²) in [6, 6.07) is 10.1. The van der Waals surface area contributed by atoms with Crippen molar-refractivity contribution >= 4 is 45.0 Å². The minimum atomic E-state index is -3.79. The highest BCUT2D eigenvalue weighted by Crippen LogP contribution is 2.21. The maximum absolute atomic E-state index is 13.1. The fraction of sp³-hybridized carbons (Fsp3) is 0.188. The Bertz CT molecular complexity index is 873. The van der Waals surface area contributed by atoms with Gasteiger partial charge in [-0.2, -0.15) is 4.31 Å². The second-order valence-corrected chi connectivity index (χ2v) is 8.45. The Morgan fingerprint density at radius 3 is 2.44 bits per heavy atom. The molecule has 2 aromatic carbocycles. The molecule has 0 heterocycles. The van der Waals surface area contributed by atoms with Gasteiger partial charge in [-0.05, 0) is 48.7 Å². The molecule has 1 amide bonds. The number of nitrogens with zero attached hydrogens (tertiary/aromatic N) is 1. The standard InChI is InChI=1S/C16H16ClFN2O3S2/c1-20(25(22,23)13-6-4-12(24-2)5-7-13)10-16(21)19-11-3-8-15(18)14(17)9-11/h3-9H,10H2,1-2H3,(H,19,21). The van der Waals surface area contributed by atoms with E-state index in [-0.39, 0.29) is 22.2 Å². The molecule has 0 saturated heterocycles. The van der Waals surface area contributed by atoms with Gasteiger partial charge in [-0.25, -0.2) is 12.8 Å². The third-order valence-electron chi connectivity index (χ3n) is 3.34. The zero-order chi connectivity index (χ0) is 18.6. The highest BCUT2D eigenvalue weighted by molar-refractivity contribution is 7.98. The number of carbonyl (C=O) groups excluding carboxylic acids is 1. The zero-order valence-corrected chi connectivity index (χ0v) is 15.9. The maximum atomic E-state index is 13.1. The van der Waals surface area contributed by atoms with E-state index in [1.165, 1.54) is 43.1 Å². The molecule has 0 atom stereocenters. The molecule has 1 N–H and O–H groups in total. The van der Waals surface area contributed by atoms with E-state index in [4.69, 9.17) is 11.6 Å². The van der Waals surface area contributed by atoms with Crippen molar-refractivity contribution in [1.29, 1.82) is 0 Å². The van der Waals surface area contributed by atoms with Gasteiger partial charge in [0.1, 0.15) is 5.82 Å². The quantitative estimate of drug-likeness (QED) is 0.751. The number of hydrogen-bond acceptors (Lipinski definition) is 4. The van der Waals surface area contributed by atoms with Crippen LogP contribution in [0.25, 0.3) is 0 Å². The summed E-state index contributed by atoms with van der Waals surface area (Å²) in [4.78, 5) is 13.1. The monoisotopic (exact) mass is 402 g/mol. The number of sulfonamides is 1. The summed E-state index contributed by atoms with van der Waals surface area (Å²) in [5.41, 5.74) is 0.284. The average Bonchev–Trinajstić information content (AvgIpc) is 2.58. The van der Waals surface area contributed by atoms with Crippen molar-refractivity contribution < 1.29 is 17.6 Å². The molecule has 0 aromatic heterocycles. The van der Waals surface area contributed by atoms with Crippen LogP contribution in [0, 0.1) is 5.82 Å². The van der Waals surface area contributed by atoms with E-state index in [1.807, 2.05) is 6.26 Å². The minimum absolute atomic E-state index is 0.102. The van der Waals surface area contributed by atoms with Crippen molar-refractivity contribution in [3.8, 4) is 0 Å². The van der Waals surface area contributed by atoms with Crippen LogP contribution in [0.4, 0.5) is 10.1 Å². The highest BCUT2D eigenvalue weighted by Gasteiger charge is 2.23. The predicted octanol–water partition coefficient (Wildman–Crippen LogP) is 3.46. The van der Waals surface area contributed by atoms with Crippen LogP contribution in [-0.4, -0.2) is 38.5 Å². The first-order valence-corrected chi connectivity index (χ1v) is 10.1. The molecule has 25 heavy (non-hydrogen) atoms. The Kier molecular flexibility index (Phi) is 6.45. The van der Waals surface area contributed by atoms with Gasteiger partial charge < -0.3 is 5.32 Å². The third kappa shape index (κ3) is 4.94. The summed E-state index contributed by atoms with van der Waals surface area (Å²) >= 11 is 7.15. The first kappa shape index (κ1) is 19.7. The van der Waals surface area contributed by atoms with Gasteiger partial charge in [0, 0.05) is 17.6 Å². The van der Waals surface area contributed by atoms with Gasteiger partial charge in [0.05, 0.1) is 16.5 Å². The summed E-state index contributed by atoms with van der Waals surface area (Å²) in [6.45, 7) is -0.387. The molecule has 0 spiro atoms. The Morgan fingerprint density at radius 1 is 1.24 bits per heavy atom. The van der Waals surface area contributed by atoms with Gasteiger partial charge in [0.15, 0.2) is 0 Å². The minimum Gasteiger partial charge on any atom is -0.325 e. The van der Waals surface area contributed by atoms with E-state index in [0.29, 0.717) is 0 Å². The molecule has 0 aliphatic carbocycles. The Labute approximate surface area is 155 Å². The summed E-state index contributed by atoms with van der Waals surface area (Å²) in [5.74, 6) is -1.16. The Balaban J connectivity index is 2.07. The average molecular weight is 403 g/mol. The number of hydrogen-bond donors (Lipinski definition) is 1. The summed E-state index contributed by atoms with van der Waals surface area (Å²) in [5, 5.41) is 2.35. The predicted molar refractivity (Wildman–Crippen MR) is 98.1 cm³/mol. The van der Waals surface area contributed by atoms with Crippen molar-refractivity contribution in [3.63, 3.8) is 0 Å². The van der Waals surface area contributed by atoms with Gasteiger partial charge in [0.2, 0.25) is 15.9 Å². The maximum Gasteiger partial charge on any atom is 0.243 e. The molecule has 0 fully saturated rings. The van der Waals surface area contributed by atoms with Crippen LogP contribution < -0.4 is 5.32 Å².